The third kappa shape index (κ3) is 2.09. The smallest absolute Gasteiger partial charge is 0.177 e. The van der Waals surface area contributed by atoms with E-state index in [-0.39, 0.29) is 24.2 Å². The molecule has 2 N–H and O–H groups in total. The molecule has 1 saturated carbocycles. The van der Waals surface area contributed by atoms with Gasteiger partial charge in [-0.3, -0.25) is 0 Å². The fourth-order valence-electron chi connectivity index (χ4n) is 6.70. The van der Waals surface area contributed by atoms with E-state index < -0.39 is 28.3 Å². The van der Waals surface area contributed by atoms with Crippen molar-refractivity contribution in [1.82, 2.24) is 0 Å². The average molecular weight is 389 g/mol. The lowest BCUT2D eigenvalue weighted by Crippen LogP contribution is -2.72. The molecule has 0 aromatic heterocycles. The molecule has 154 valence electrons. The van der Waals surface area contributed by atoms with Gasteiger partial charge in [-0.2, -0.15) is 0 Å². The van der Waals surface area contributed by atoms with Gasteiger partial charge in [0, 0.05) is 16.7 Å². The zero-order chi connectivity index (χ0) is 20.1. The molecule has 2 aliphatic heterocycles. The summed E-state index contributed by atoms with van der Waals surface area (Å²) in [7, 11) is 0. The molecule has 3 unspecified atom stereocenters. The largest absolute Gasteiger partial charge is 0.389 e. The fraction of sp³-hybridized carbons (Fsp3) is 0.739. The number of ether oxygens (including phenoxy) is 3. The molecule has 0 radical (unpaired) electrons. The second-order valence-electron chi connectivity index (χ2n) is 10.3. The molecule has 2 saturated heterocycles. The van der Waals surface area contributed by atoms with E-state index in [2.05, 4.69) is 40.3 Å². The predicted octanol–water partition coefficient (Wildman–Crippen LogP) is 2.88. The Labute approximate surface area is 167 Å². The van der Waals surface area contributed by atoms with Gasteiger partial charge in [0.15, 0.2) is 6.29 Å². The third-order valence-electron chi connectivity index (χ3n) is 8.65. The second kappa shape index (κ2) is 5.58. The van der Waals surface area contributed by atoms with E-state index in [1.165, 1.54) is 5.57 Å². The minimum atomic E-state index is -0.983. The van der Waals surface area contributed by atoms with Gasteiger partial charge in [0.05, 0.1) is 12.2 Å². The molecule has 8 atom stereocenters. The summed E-state index contributed by atoms with van der Waals surface area (Å²) in [6.07, 6.45) is 6.50. The SMILES string of the molecule is C=C[C@@H]1O[C@@H]2C3=C(C)CC[C@@](O)(CC4C(C)(C=C[C@H]5OCC45O)[C@@H]2O1)C3(C)C. The highest BCUT2D eigenvalue weighted by Gasteiger charge is 2.69. The van der Waals surface area contributed by atoms with Gasteiger partial charge < -0.3 is 24.4 Å². The molecule has 5 aliphatic rings. The summed E-state index contributed by atoms with van der Waals surface area (Å²) in [6, 6.07) is 0. The van der Waals surface area contributed by atoms with Gasteiger partial charge in [-0.1, -0.05) is 45.1 Å². The molecule has 5 rings (SSSR count). The van der Waals surface area contributed by atoms with Crippen molar-refractivity contribution >= 4 is 0 Å². The number of rotatable bonds is 1. The first-order chi connectivity index (χ1) is 13.1. The summed E-state index contributed by atoms with van der Waals surface area (Å²) >= 11 is 0. The topological polar surface area (TPSA) is 68.2 Å². The van der Waals surface area contributed by atoms with E-state index in [1.807, 2.05) is 6.08 Å². The number of fused-ring (bicyclic) bond motifs is 8. The minimum Gasteiger partial charge on any atom is -0.389 e. The Morgan fingerprint density at radius 1 is 1.21 bits per heavy atom. The van der Waals surface area contributed by atoms with Crippen LogP contribution in [0, 0.1) is 16.7 Å². The second-order valence-corrected chi connectivity index (χ2v) is 10.3. The van der Waals surface area contributed by atoms with E-state index in [0.717, 1.165) is 12.0 Å². The van der Waals surface area contributed by atoms with Crippen LogP contribution in [0.1, 0.15) is 47.0 Å². The van der Waals surface area contributed by atoms with E-state index in [1.54, 1.807) is 6.08 Å². The number of aliphatic hydroxyl groups is 2. The summed E-state index contributed by atoms with van der Waals surface area (Å²) in [5.41, 5.74) is -0.425. The van der Waals surface area contributed by atoms with Crippen LogP contribution >= 0.6 is 0 Å². The Balaban J connectivity index is 1.74. The molecule has 0 amide bonds. The highest BCUT2D eigenvalue weighted by Crippen LogP contribution is 2.63. The van der Waals surface area contributed by atoms with Crippen molar-refractivity contribution in [1.29, 1.82) is 0 Å². The predicted molar refractivity (Wildman–Crippen MR) is 104 cm³/mol. The Kier molecular flexibility index (Phi) is 3.79. The minimum absolute atomic E-state index is 0.187. The molecule has 3 fully saturated rings. The first-order valence-electron chi connectivity index (χ1n) is 10.5. The monoisotopic (exact) mass is 388 g/mol. The van der Waals surface area contributed by atoms with Gasteiger partial charge in [0.1, 0.15) is 23.9 Å². The number of hydrogen-bond donors (Lipinski definition) is 2. The molecule has 0 aromatic rings. The molecular formula is C23H32O5. The van der Waals surface area contributed by atoms with Crippen LogP contribution < -0.4 is 0 Å². The van der Waals surface area contributed by atoms with E-state index in [9.17, 15) is 10.2 Å². The summed E-state index contributed by atoms with van der Waals surface area (Å²) in [6.45, 7) is 12.7. The van der Waals surface area contributed by atoms with Gasteiger partial charge in [-0.15, -0.1) is 0 Å². The van der Waals surface area contributed by atoms with Crippen LogP contribution in [0.2, 0.25) is 0 Å². The third-order valence-corrected chi connectivity index (χ3v) is 8.65. The van der Waals surface area contributed by atoms with Gasteiger partial charge in [0.25, 0.3) is 0 Å². The molecule has 0 aromatic carbocycles. The van der Waals surface area contributed by atoms with E-state index >= 15 is 0 Å². The Hall–Kier alpha value is -0.980. The first-order valence-corrected chi connectivity index (χ1v) is 10.5. The van der Waals surface area contributed by atoms with Crippen LogP contribution in [0.25, 0.3) is 0 Å². The van der Waals surface area contributed by atoms with Crippen molar-refractivity contribution < 1.29 is 24.4 Å². The van der Waals surface area contributed by atoms with Crippen molar-refractivity contribution in [3.8, 4) is 0 Å². The first kappa shape index (κ1) is 19.0. The lowest BCUT2D eigenvalue weighted by atomic mass is 9.48. The standard InChI is InChI=1S/C23H32O5/c1-6-16-27-18-17-13(2)7-10-22(24,20(17,3)4)11-14-21(5,19(18)28-16)9-8-15-23(14,25)12-26-15/h6,8-9,14-16,18-19,24-25H,1,7,10-12H2,2-5H3/t14?,15-,16-,18-,19-,21?,22-,23?/m1/s1. The maximum atomic E-state index is 12.0. The molecular weight excluding hydrogens is 356 g/mol. The maximum Gasteiger partial charge on any atom is 0.177 e. The van der Waals surface area contributed by atoms with Crippen molar-refractivity contribution in [3.63, 3.8) is 0 Å². The molecule has 28 heavy (non-hydrogen) atoms. The lowest BCUT2D eigenvalue weighted by molar-refractivity contribution is -0.284. The highest BCUT2D eigenvalue weighted by molar-refractivity contribution is 5.38. The van der Waals surface area contributed by atoms with Gasteiger partial charge >= 0.3 is 0 Å². The molecule has 0 spiro atoms. The van der Waals surface area contributed by atoms with Crippen LogP contribution in [0.3, 0.4) is 0 Å². The van der Waals surface area contributed by atoms with Crippen LogP contribution in [-0.4, -0.2) is 52.6 Å². The molecule has 5 nitrogen and oxygen atoms in total. The quantitative estimate of drug-likeness (QED) is 0.676. The Morgan fingerprint density at radius 2 is 1.96 bits per heavy atom. The summed E-state index contributed by atoms with van der Waals surface area (Å²) in [4.78, 5) is 0. The molecule has 2 heterocycles. The average Bonchev–Trinajstić information content (AvgIpc) is 3.04. The normalized spacial score (nSPS) is 54.0. The van der Waals surface area contributed by atoms with Gasteiger partial charge in [-0.25, -0.2) is 0 Å². The summed E-state index contributed by atoms with van der Waals surface area (Å²) in [5, 5.41) is 23.5. The number of allylic oxidation sites excluding steroid dienone is 1. The van der Waals surface area contributed by atoms with Gasteiger partial charge in [0.2, 0.25) is 0 Å². The zero-order valence-electron chi connectivity index (χ0n) is 17.3. The Morgan fingerprint density at radius 3 is 2.61 bits per heavy atom. The van der Waals surface area contributed by atoms with Crippen LogP contribution in [0.4, 0.5) is 0 Å². The molecule has 3 aliphatic carbocycles. The van der Waals surface area contributed by atoms with Crippen molar-refractivity contribution in [2.45, 2.75) is 82.8 Å². The molecule has 5 heteroatoms. The van der Waals surface area contributed by atoms with Crippen LogP contribution in [-0.2, 0) is 14.2 Å². The molecule has 2 bridgehead atoms. The summed E-state index contributed by atoms with van der Waals surface area (Å²) < 4.78 is 18.4. The van der Waals surface area contributed by atoms with E-state index in [4.69, 9.17) is 14.2 Å². The van der Waals surface area contributed by atoms with Crippen LogP contribution in [0.5, 0.6) is 0 Å². The fourth-order valence-corrected chi connectivity index (χ4v) is 6.70. The highest BCUT2D eigenvalue weighted by atomic mass is 16.7. The van der Waals surface area contributed by atoms with Crippen molar-refractivity contribution in [2.24, 2.45) is 16.7 Å². The summed E-state index contributed by atoms with van der Waals surface area (Å²) in [5.74, 6) is -0.187. The van der Waals surface area contributed by atoms with Crippen molar-refractivity contribution in [3.05, 3.63) is 36.0 Å². The van der Waals surface area contributed by atoms with Crippen LogP contribution in [0.15, 0.2) is 36.0 Å². The lowest BCUT2D eigenvalue weighted by Gasteiger charge is -2.63. The van der Waals surface area contributed by atoms with E-state index in [0.29, 0.717) is 19.4 Å². The zero-order valence-corrected chi connectivity index (χ0v) is 17.3. The number of hydrogen-bond acceptors (Lipinski definition) is 5. The Bertz CT molecular complexity index is 784. The maximum absolute atomic E-state index is 12.0. The van der Waals surface area contributed by atoms with Gasteiger partial charge in [-0.05, 0) is 37.8 Å². The van der Waals surface area contributed by atoms with Crippen molar-refractivity contribution in [2.75, 3.05) is 6.61 Å².